The van der Waals surface area contributed by atoms with E-state index in [4.69, 9.17) is 28.9 Å². The van der Waals surface area contributed by atoms with Crippen LogP contribution in [0.2, 0.25) is 10.0 Å². The predicted octanol–water partition coefficient (Wildman–Crippen LogP) is 2.95. The Labute approximate surface area is 185 Å². The molecule has 0 fully saturated rings. The van der Waals surface area contributed by atoms with E-state index in [-0.39, 0.29) is 54.0 Å². The Morgan fingerprint density at radius 3 is 2.70 bits per heavy atom. The van der Waals surface area contributed by atoms with E-state index in [1.807, 2.05) is 6.92 Å². The molecule has 4 N–H and O–H groups in total. The lowest BCUT2D eigenvalue weighted by molar-refractivity contribution is 0.581. The maximum Gasteiger partial charge on any atom is 0.242 e. The minimum Gasteiger partial charge on any atom is -0.370 e. The van der Waals surface area contributed by atoms with Crippen molar-refractivity contribution < 1.29 is 8.42 Å². The quantitative estimate of drug-likeness (QED) is 0.215. The Morgan fingerprint density at radius 2 is 2.07 bits per heavy atom. The zero-order valence-electron chi connectivity index (χ0n) is 14.4. The van der Waals surface area contributed by atoms with Crippen LogP contribution < -0.4 is 15.8 Å². The maximum atomic E-state index is 12.0. The molecule has 1 unspecified atom stereocenters. The topological polar surface area (TPSA) is 109 Å². The summed E-state index contributed by atoms with van der Waals surface area (Å²) in [6, 6.07) is 8.02. The predicted molar refractivity (Wildman–Crippen MR) is 119 cm³/mol. The van der Waals surface area contributed by atoms with Crippen molar-refractivity contribution in [2.45, 2.75) is 17.9 Å². The van der Waals surface area contributed by atoms with Crippen molar-refractivity contribution >= 4 is 63.2 Å². The van der Waals surface area contributed by atoms with Crippen LogP contribution in [0.1, 0.15) is 18.5 Å². The van der Waals surface area contributed by atoms with Crippen molar-refractivity contribution in [3.63, 3.8) is 0 Å². The molecule has 0 bridgehead atoms. The number of nitrogens with two attached hydrogens (primary N) is 1. The molecule has 1 aromatic carbocycles. The third kappa shape index (κ3) is 7.41. The summed E-state index contributed by atoms with van der Waals surface area (Å²) in [5, 5.41) is 4.07. The third-order valence-corrected chi connectivity index (χ3v) is 5.43. The molecule has 0 amide bonds. The van der Waals surface area contributed by atoms with Gasteiger partial charge in [0.15, 0.2) is 5.96 Å². The standard InChI is InChI=1S/C16H19Cl2N5O2S.HI/c1-11(14-5-4-12(17)9-15(14)18)23-16(19)21-7-8-22-26(24,25)13-3-2-6-20-10-13;/h2-6,9-11,22H,7-8H2,1H3,(H3,19,21,23);1H. The first-order valence-electron chi connectivity index (χ1n) is 7.70. The SMILES string of the molecule is CC(NC(N)=NCCNS(=O)(=O)c1cccnc1)c1ccc(Cl)cc1Cl.I. The van der Waals surface area contributed by atoms with Gasteiger partial charge in [-0.1, -0.05) is 29.3 Å². The fourth-order valence-corrected chi connectivity index (χ4v) is 3.70. The number of guanidine groups is 1. The summed E-state index contributed by atoms with van der Waals surface area (Å²) in [5.41, 5.74) is 6.66. The molecular formula is C16H20Cl2IN5O2S. The van der Waals surface area contributed by atoms with Crippen LogP contribution in [0.4, 0.5) is 0 Å². The van der Waals surface area contributed by atoms with Crippen LogP contribution in [0.15, 0.2) is 52.6 Å². The number of nitrogens with one attached hydrogen (secondary N) is 2. The van der Waals surface area contributed by atoms with Crippen molar-refractivity contribution in [2.24, 2.45) is 10.7 Å². The Bertz CT molecular complexity index is 882. The van der Waals surface area contributed by atoms with Crippen LogP contribution in [-0.2, 0) is 10.0 Å². The molecule has 0 radical (unpaired) electrons. The van der Waals surface area contributed by atoms with Gasteiger partial charge in [0.25, 0.3) is 0 Å². The van der Waals surface area contributed by atoms with E-state index >= 15 is 0 Å². The Kier molecular flexibility index (Phi) is 9.74. The van der Waals surface area contributed by atoms with E-state index in [1.54, 1.807) is 24.3 Å². The molecule has 11 heteroatoms. The Morgan fingerprint density at radius 1 is 1.33 bits per heavy atom. The monoisotopic (exact) mass is 543 g/mol. The molecule has 0 saturated carbocycles. The lowest BCUT2D eigenvalue weighted by Gasteiger charge is -2.16. The highest BCUT2D eigenvalue weighted by atomic mass is 127. The fraction of sp³-hybridized carbons (Fsp3) is 0.250. The van der Waals surface area contributed by atoms with Crippen molar-refractivity contribution in [2.75, 3.05) is 13.1 Å². The number of aliphatic imine (C=N–C) groups is 1. The van der Waals surface area contributed by atoms with Gasteiger partial charge in [-0.3, -0.25) is 9.98 Å². The molecule has 7 nitrogen and oxygen atoms in total. The van der Waals surface area contributed by atoms with Crippen LogP contribution in [0.3, 0.4) is 0 Å². The largest absolute Gasteiger partial charge is 0.370 e. The van der Waals surface area contributed by atoms with Crippen LogP contribution in [0.5, 0.6) is 0 Å². The van der Waals surface area contributed by atoms with E-state index in [2.05, 4.69) is 20.0 Å². The van der Waals surface area contributed by atoms with Gasteiger partial charge >= 0.3 is 0 Å². The highest BCUT2D eigenvalue weighted by molar-refractivity contribution is 14.0. The third-order valence-electron chi connectivity index (χ3n) is 3.42. The van der Waals surface area contributed by atoms with Crippen LogP contribution in [0, 0.1) is 0 Å². The normalized spacial score (nSPS) is 12.9. The first-order valence-corrected chi connectivity index (χ1v) is 9.94. The molecule has 0 saturated heterocycles. The van der Waals surface area contributed by atoms with Gasteiger partial charge in [0.1, 0.15) is 4.90 Å². The number of hydrogen-bond donors (Lipinski definition) is 3. The number of pyridine rings is 1. The van der Waals surface area contributed by atoms with E-state index < -0.39 is 10.0 Å². The number of sulfonamides is 1. The summed E-state index contributed by atoms with van der Waals surface area (Å²) in [7, 11) is -3.61. The minimum atomic E-state index is -3.61. The second-order valence-corrected chi connectivity index (χ2v) is 8.00. The first kappa shape index (κ1) is 23.9. The van der Waals surface area contributed by atoms with Gasteiger partial charge in [0.2, 0.25) is 10.0 Å². The molecule has 148 valence electrons. The maximum absolute atomic E-state index is 12.0. The van der Waals surface area contributed by atoms with Gasteiger partial charge in [-0.2, -0.15) is 0 Å². The number of nitrogens with zero attached hydrogens (tertiary/aromatic N) is 2. The molecule has 0 aliphatic heterocycles. The average molecular weight is 544 g/mol. The van der Waals surface area contributed by atoms with Crippen molar-refractivity contribution in [3.05, 3.63) is 58.3 Å². The molecule has 2 aromatic rings. The zero-order valence-corrected chi connectivity index (χ0v) is 19.1. The van der Waals surface area contributed by atoms with Gasteiger partial charge in [0.05, 0.1) is 12.6 Å². The molecule has 1 heterocycles. The minimum absolute atomic E-state index is 0. The van der Waals surface area contributed by atoms with Gasteiger partial charge in [0, 0.05) is 29.0 Å². The van der Waals surface area contributed by atoms with Crippen molar-refractivity contribution in [1.82, 2.24) is 15.0 Å². The smallest absolute Gasteiger partial charge is 0.242 e. The highest BCUT2D eigenvalue weighted by Crippen LogP contribution is 2.25. The van der Waals surface area contributed by atoms with Gasteiger partial charge in [-0.25, -0.2) is 13.1 Å². The lowest BCUT2D eigenvalue weighted by Crippen LogP contribution is -2.35. The number of halogens is 3. The number of hydrogen-bond acceptors (Lipinski definition) is 4. The van der Waals surface area contributed by atoms with Crippen LogP contribution >= 0.6 is 47.2 Å². The van der Waals surface area contributed by atoms with Crippen molar-refractivity contribution in [1.29, 1.82) is 0 Å². The number of aromatic nitrogens is 1. The summed E-state index contributed by atoms with van der Waals surface area (Å²) in [4.78, 5) is 7.99. The Hall–Kier alpha value is -1.14. The summed E-state index contributed by atoms with van der Waals surface area (Å²) >= 11 is 12.0. The zero-order chi connectivity index (χ0) is 19.2. The molecular weight excluding hydrogens is 524 g/mol. The second-order valence-electron chi connectivity index (χ2n) is 5.39. The number of benzene rings is 1. The summed E-state index contributed by atoms with van der Waals surface area (Å²) in [6.07, 6.45) is 2.78. The Balaban J connectivity index is 0.00000364. The van der Waals surface area contributed by atoms with E-state index in [1.165, 1.54) is 18.5 Å². The number of rotatable bonds is 7. The van der Waals surface area contributed by atoms with Crippen molar-refractivity contribution in [3.8, 4) is 0 Å². The average Bonchev–Trinajstić information content (AvgIpc) is 2.59. The van der Waals surface area contributed by atoms with Gasteiger partial charge in [-0.15, -0.1) is 24.0 Å². The summed E-state index contributed by atoms with van der Waals surface area (Å²) in [6.45, 7) is 2.16. The molecule has 1 atom stereocenters. The van der Waals surface area contributed by atoms with E-state index in [0.29, 0.717) is 10.0 Å². The fourth-order valence-electron chi connectivity index (χ4n) is 2.14. The molecule has 27 heavy (non-hydrogen) atoms. The van der Waals surface area contributed by atoms with Gasteiger partial charge in [-0.05, 0) is 36.8 Å². The summed E-state index contributed by atoms with van der Waals surface area (Å²) < 4.78 is 26.5. The van der Waals surface area contributed by atoms with E-state index in [9.17, 15) is 8.42 Å². The second kappa shape index (κ2) is 11.0. The van der Waals surface area contributed by atoms with Crippen LogP contribution in [0.25, 0.3) is 0 Å². The van der Waals surface area contributed by atoms with E-state index in [0.717, 1.165) is 5.56 Å². The van der Waals surface area contributed by atoms with Crippen LogP contribution in [-0.4, -0.2) is 32.5 Å². The van der Waals surface area contributed by atoms with Gasteiger partial charge < -0.3 is 11.1 Å². The summed E-state index contributed by atoms with van der Waals surface area (Å²) in [5.74, 6) is 0.184. The molecule has 0 spiro atoms. The molecule has 0 aliphatic carbocycles. The molecule has 0 aliphatic rings. The molecule has 1 aromatic heterocycles. The lowest BCUT2D eigenvalue weighted by atomic mass is 10.1. The highest BCUT2D eigenvalue weighted by Gasteiger charge is 2.13. The molecule has 2 rings (SSSR count). The first-order chi connectivity index (χ1) is 12.3.